The fourth-order valence-electron chi connectivity index (χ4n) is 3.46. The Morgan fingerprint density at radius 2 is 1.86 bits per heavy atom. The predicted molar refractivity (Wildman–Crippen MR) is 91.1 cm³/mol. The van der Waals surface area contributed by atoms with Gasteiger partial charge >= 0.3 is 0 Å². The van der Waals surface area contributed by atoms with Crippen LogP contribution in [0.25, 0.3) is 0 Å². The van der Waals surface area contributed by atoms with E-state index < -0.39 is 15.1 Å². The van der Waals surface area contributed by atoms with E-state index >= 15 is 0 Å². The average molecular weight is 324 g/mol. The van der Waals surface area contributed by atoms with Gasteiger partial charge in [0.1, 0.15) is 11.9 Å². The summed E-state index contributed by atoms with van der Waals surface area (Å²) in [6, 6.07) is 7.77. The van der Waals surface area contributed by atoms with Crippen molar-refractivity contribution < 1.29 is 13.2 Å². The lowest BCUT2D eigenvalue weighted by atomic mass is 9.99. The normalized spacial score (nSPS) is 19.0. The molecule has 2 unspecified atom stereocenters. The number of sulfone groups is 1. The van der Waals surface area contributed by atoms with Crippen LogP contribution in [0.2, 0.25) is 0 Å². The third kappa shape index (κ3) is 4.73. The van der Waals surface area contributed by atoms with Gasteiger partial charge in [0.2, 0.25) is 0 Å². The van der Waals surface area contributed by atoms with Crippen LogP contribution < -0.4 is 4.74 Å². The summed E-state index contributed by atoms with van der Waals surface area (Å²) in [5.41, 5.74) is 1.04. The maximum absolute atomic E-state index is 12.2. The van der Waals surface area contributed by atoms with Crippen molar-refractivity contribution in [2.75, 3.05) is 6.26 Å². The second-order valence-electron chi connectivity index (χ2n) is 6.68. The first-order chi connectivity index (χ1) is 10.4. The fourth-order valence-corrected chi connectivity index (χ4v) is 4.78. The van der Waals surface area contributed by atoms with E-state index in [4.69, 9.17) is 4.74 Å². The van der Waals surface area contributed by atoms with E-state index in [2.05, 4.69) is 0 Å². The molecule has 1 aromatic rings. The maximum atomic E-state index is 12.2. The number of ether oxygens (including phenoxy) is 1. The molecule has 0 amide bonds. The Balaban J connectivity index is 2.02. The number of benzene rings is 1. The molecule has 0 N–H and O–H groups in total. The SMILES string of the molecule is Cc1ccccc1OC(C)C(CCC1CCCC1)S(C)(=O)=O. The Labute approximate surface area is 135 Å². The van der Waals surface area contributed by atoms with E-state index in [1.165, 1.54) is 31.9 Å². The van der Waals surface area contributed by atoms with Crippen molar-refractivity contribution >= 4 is 9.84 Å². The van der Waals surface area contributed by atoms with E-state index in [1.807, 2.05) is 38.1 Å². The lowest BCUT2D eigenvalue weighted by molar-refractivity contribution is 0.205. The minimum absolute atomic E-state index is 0.322. The molecule has 0 aliphatic heterocycles. The number of para-hydroxylation sites is 1. The molecule has 1 aromatic carbocycles. The van der Waals surface area contributed by atoms with Crippen molar-refractivity contribution in [2.24, 2.45) is 5.92 Å². The summed E-state index contributed by atoms with van der Waals surface area (Å²) in [6.07, 6.45) is 7.82. The zero-order chi connectivity index (χ0) is 16.2. The molecule has 1 aliphatic carbocycles. The van der Waals surface area contributed by atoms with Crippen LogP contribution in [-0.2, 0) is 9.84 Å². The molecule has 4 heteroatoms. The van der Waals surface area contributed by atoms with E-state index in [1.54, 1.807) is 0 Å². The molecule has 124 valence electrons. The minimum atomic E-state index is -3.11. The lowest BCUT2D eigenvalue weighted by Crippen LogP contribution is -2.36. The van der Waals surface area contributed by atoms with Crippen LogP contribution in [0.3, 0.4) is 0 Å². The van der Waals surface area contributed by atoms with E-state index in [9.17, 15) is 8.42 Å². The number of rotatable bonds is 7. The van der Waals surface area contributed by atoms with Gasteiger partial charge in [0.15, 0.2) is 9.84 Å². The summed E-state index contributed by atoms with van der Waals surface area (Å²) in [5.74, 6) is 1.49. The molecular weight excluding hydrogens is 296 g/mol. The molecule has 2 rings (SSSR count). The van der Waals surface area contributed by atoms with Crippen LogP contribution in [-0.4, -0.2) is 26.0 Å². The van der Waals surface area contributed by atoms with E-state index in [0.29, 0.717) is 12.3 Å². The van der Waals surface area contributed by atoms with Crippen LogP contribution in [0, 0.1) is 12.8 Å². The second-order valence-corrected chi connectivity index (χ2v) is 8.95. The molecule has 0 spiro atoms. The van der Waals surface area contributed by atoms with Crippen LogP contribution in [0.1, 0.15) is 51.0 Å². The largest absolute Gasteiger partial charge is 0.489 e. The molecule has 0 aromatic heterocycles. The zero-order valence-corrected chi connectivity index (χ0v) is 14.7. The fraction of sp³-hybridized carbons (Fsp3) is 0.667. The second kappa shape index (κ2) is 7.49. The Kier molecular flexibility index (Phi) is 5.90. The first-order valence-electron chi connectivity index (χ1n) is 8.29. The summed E-state index contributed by atoms with van der Waals surface area (Å²) in [5, 5.41) is -0.423. The number of hydrogen-bond acceptors (Lipinski definition) is 3. The lowest BCUT2D eigenvalue weighted by Gasteiger charge is -2.25. The highest BCUT2D eigenvalue weighted by Crippen LogP contribution is 2.31. The van der Waals surface area contributed by atoms with Gasteiger partial charge in [-0.15, -0.1) is 0 Å². The monoisotopic (exact) mass is 324 g/mol. The molecule has 1 saturated carbocycles. The smallest absolute Gasteiger partial charge is 0.153 e. The highest BCUT2D eigenvalue weighted by molar-refractivity contribution is 7.91. The molecule has 22 heavy (non-hydrogen) atoms. The van der Waals surface area contributed by atoms with E-state index in [-0.39, 0.29) is 6.10 Å². The summed E-state index contributed by atoms with van der Waals surface area (Å²) < 4.78 is 30.3. The quantitative estimate of drug-likeness (QED) is 0.757. The van der Waals surface area contributed by atoms with Gasteiger partial charge in [0, 0.05) is 6.26 Å². The van der Waals surface area contributed by atoms with Crippen LogP contribution >= 0.6 is 0 Å². The van der Waals surface area contributed by atoms with E-state index in [0.717, 1.165) is 17.7 Å². The van der Waals surface area contributed by atoms with Crippen molar-refractivity contribution in [2.45, 2.75) is 63.7 Å². The summed E-state index contributed by atoms with van der Waals surface area (Å²) in [4.78, 5) is 0. The van der Waals surface area contributed by atoms with Gasteiger partial charge in [-0.05, 0) is 44.2 Å². The number of hydrogen-bond donors (Lipinski definition) is 0. The first-order valence-corrected chi connectivity index (χ1v) is 10.2. The molecule has 2 atom stereocenters. The summed E-state index contributed by atoms with van der Waals surface area (Å²) in [7, 11) is -3.11. The van der Waals surface area contributed by atoms with Crippen molar-refractivity contribution in [3.63, 3.8) is 0 Å². The van der Waals surface area contributed by atoms with Crippen molar-refractivity contribution in [3.05, 3.63) is 29.8 Å². The third-order valence-corrected chi connectivity index (χ3v) is 6.53. The molecule has 3 nitrogen and oxygen atoms in total. The first kappa shape index (κ1) is 17.3. The van der Waals surface area contributed by atoms with Crippen molar-refractivity contribution in [3.8, 4) is 5.75 Å². The Bertz CT molecular complexity index is 574. The van der Waals surface area contributed by atoms with Gasteiger partial charge in [-0.1, -0.05) is 43.9 Å². The van der Waals surface area contributed by atoms with Crippen LogP contribution in [0.4, 0.5) is 0 Å². The maximum Gasteiger partial charge on any atom is 0.153 e. The molecule has 0 radical (unpaired) electrons. The van der Waals surface area contributed by atoms with Crippen molar-refractivity contribution in [1.82, 2.24) is 0 Å². The van der Waals surface area contributed by atoms with Gasteiger partial charge < -0.3 is 4.74 Å². The molecular formula is C18H28O3S. The topological polar surface area (TPSA) is 43.4 Å². The van der Waals surface area contributed by atoms with Gasteiger partial charge in [0.25, 0.3) is 0 Å². The van der Waals surface area contributed by atoms with Crippen LogP contribution in [0.15, 0.2) is 24.3 Å². The molecule has 0 heterocycles. The molecule has 0 bridgehead atoms. The standard InChI is InChI=1S/C18H28O3S/c1-14-8-4-7-11-17(14)21-15(2)18(22(3,19)20)13-12-16-9-5-6-10-16/h4,7-8,11,15-16,18H,5-6,9-10,12-13H2,1-3H3. The number of aryl methyl sites for hydroxylation is 1. The Morgan fingerprint density at radius 3 is 2.45 bits per heavy atom. The molecule has 0 saturated heterocycles. The Hall–Kier alpha value is -1.03. The third-order valence-electron chi connectivity index (χ3n) is 4.81. The Morgan fingerprint density at radius 1 is 1.23 bits per heavy atom. The predicted octanol–water partition coefficient (Wildman–Crippen LogP) is 4.15. The zero-order valence-electron chi connectivity index (χ0n) is 13.9. The van der Waals surface area contributed by atoms with Gasteiger partial charge in [-0.25, -0.2) is 8.42 Å². The highest BCUT2D eigenvalue weighted by Gasteiger charge is 2.30. The minimum Gasteiger partial charge on any atom is -0.489 e. The summed E-state index contributed by atoms with van der Waals surface area (Å²) >= 11 is 0. The van der Waals surface area contributed by atoms with Crippen molar-refractivity contribution in [1.29, 1.82) is 0 Å². The molecule has 1 fully saturated rings. The molecule has 1 aliphatic rings. The average Bonchev–Trinajstić information content (AvgIpc) is 2.93. The van der Waals surface area contributed by atoms with Gasteiger partial charge in [-0.2, -0.15) is 0 Å². The highest BCUT2D eigenvalue weighted by atomic mass is 32.2. The van der Waals surface area contributed by atoms with Gasteiger partial charge in [-0.3, -0.25) is 0 Å². The van der Waals surface area contributed by atoms with Crippen LogP contribution in [0.5, 0.6) is 5.75 Å². The van der Waals surface area contributed by atoms with Gasteiger partial charge in [0.05, 0.1) is 5.25 Å². The summed E-state index contributed by atoms with van der Waals surface area (Å²) in [6.45, 7) is 3.86.